The summed E-state index contributed by atoms with van der Waals surface area (Å²) in [5, 5.41) is 45.7. The average Bonchev–Trinajstić information content (AvgIpc) is 3.98. The Morgan fingerprint density at radius 2 is 2.00 bits per heavy atom. The first-order valence-electron chi connectivity index (χ1n) is 25.6. The van der Waals surface area contributed by atoms with E-state index in [-0.39, 0.29) is 59.6 Å². The Morgan fingerprint density at radius 3 is 2.86 bits per heavy atom. The Balaban J connectivity index is 0.920. The predicted molar refractivity (Wildman–Crippen MR) is 271 cm³/mol. The molecule has 5 aliphatic heterocycles. The Labute approximate surface area is 419 Å². The first kappa shape index (κ1) is 47.1. The van der Waals surface area contributed by atoms with E-state index < -0.39 is 29.8 Å². The van der Waals surface area contributed by atoms with E-state index in [1.54, 1.807) is 24.5 Å². The van der Waals surface area contributed by atoms with E-state index in [9.17, 15) is 20.1 Å². The normalized spacial score (nSPS) is 28.2. The molecule has 16 heteroatoms. The molecule has 1 spiro atoms. The smallest absolute Gasteiger partial charge is 0.302 e. The lowest BCUT2D eigenvalue weighted by molar-refractivity contribution is -0.164. The molecule has 11 rings (SSSR count). The zero-order valence-corrected chi connectivity index (χ0v) is 40.6. The molecule has 0 radical (unpaired) electrons. The number of nitrogens with zero attached hydrogens (tertiary/aromatic N) is 3. The van der Waals surface area contributed by atoms with Gasteiger partial charge < -0.3 is 65.5 Å². The SMILES string of the molecule is CC(=O)OC1CC(c2cc(O)c(O)c(OCCc3cccnc3)c2)OC(C2CC#CC3C(CCCC34NC(=NCCCC3=CCNC(N)=C3)NC3C4CCc4c5cc[nH]c5cn43)Oc3cc(ccc3O)C2)C1. The Bertz CT molecular complexity index is 2970. The van der Waals surface area contributed by atoms with Gasteiger partial charge in [0.1, 0.15) is 18.4 Å². The van der Waals surface area contributed by atoms with Crippen molar-refractivity contribution in [1.82, 2.24) is 30.5 Å². The minimum atomic E-state index is -0.618. The molecule has 16 nitrogen and oxygen atoms in total. The number of aromatic nitrogens is 3. The van der Waals surface area contributed by atoms with Crippen LogP contribution in [0.3, 0.4) is 0 Å². The number of fused-ring (bicyclic) bond motifs is 10. The number of esters is 1. The Kier molecular flexibility index (Phi) is 13.1. The number of pyridine rings is 1. The molecule has 3 fully saturated rings. The van der Waals surface area contributed by atoms with Crippen LogP contribution >= 0.6 is 0 Å². The lowest BCUT2D eigenvalue weighted by Gasteiger charge is -2.57. The lowest BCUT2D eigenvalue weighted by atomic mass is 9.61. The molecule has 3 aromatic heterocycles. The van der Waals surface area contributed by atoms with Gasteiger partial charge in [-0.1, -0.05) is 24.1 Å². The van der Waals surface area contributed by atoms with E-state index in [0.29, 0.717) is 55.8 Å². The van der Waals surface area contributed by atoms with E-state index in [1.165, 1.54) is 29.6 Å². The Morgan fingerprint density at radius 1 is 1.08 bits per heavy atom. The zero-order chi connectivity index (χ0) is 49.3. The number of H-pyrrole nitrogens is 1. The number of carbonyl (C=O) groups excluding carboxylic acids is 1. The molecule has 6 aliphatic rings. The molecule has 8 heterocycles. The summed E-state index contributed by atoms with van der Waals surface area (Å²) in [7, 11) is 0. The van der Waals surface area contributed by atoms with Crippen molar-refractivity contribution < 1.29 is 39.1 Å². The van der Waals surface area contributed by atoms with Crippen LogP contribution in [-0.2, 0) is 33.5 Å². The number of hydrogen-bond acceptors (Lipinski definition) is 12. The van der Waals surface area contributed by atoms with E-state index in [0.717, 1.165) is 74.1 Å². The number of phenols is 3. The van der Waals surface area contributed by atoms with Crippen molar-refractivity contribution in [3.05, 3.63) is 119 Å². The maximum atomic E-state index is 12.6. The van der Waals surface area contributed by atoms with Crippen LogP contribution < -0.4 is 31.2 Å². The second-order valence-corrected chi connectivity index (χ2v) is 20.3. The van der Waals surface area contributed by atoms with Crippen LogP contribution in [0.5, 0.6) is 28.7 Å². The van der Waals surface area contributed by atoms with Crippen LogP contribution in [0.2, 0.25) is 0 Å². The van der Waals surface area contributed by atoms with Gasteiger partial charge in [-0.2, -0.15) is 0 Å². The number of aromatic amines is 1. The van der Waals surface area contributed by atoms with Crippen molar-refractivity contribution in [2.24, 2.45) is 28.5 Å². The molecule has 2 saturated heterocycles. The van der Waals surface area contributed by atoms with Crippen molar-refractivity contribution in [2.45, 2.75) is 120 Å². The molecule has 5 aromatic rings. The van der Waals surface area contributed by atoms with Gasteiger partial charge in [-0.15, -0.1) is 5.92 Å². The first-order valence-corrected chi connectivity index (χ1v) is 25.6. The van der Waals surface area contributed by atoms with Gasteiger partial charge in [0, 0.05) is 93.4 Å². The molecular weight excluding hydrogens is 913 g/mol. The van der Waals surface area contributed by atoms with Gasteiger partial charge in [-0.25, -0.2) is 0 Å². The van der Waals surface area contributed by atoms with Gasteiger partial charge in [0.25, 0.3) is 0 Å². The first-order chi connectivity index (χ1) is 35.1. The van der Waals surface area contributed by atoms with E-state index in [4.69, 9.17) is 29.7 Å². The van der Waals surface area contributed by atoms with Crippen LogP contribution in [-0.4, -0.2) is 85.3 Å². The number of phenolic OH excluding ortho intramolecular Hbond substituents is 3. The number of nitrogens with two attached hydrogens (primary N) is 1. The maximum absolute atomic E-state index is 12.6. The topological polar surface area (TPSA) is 223 Å². The second-order valence-electron chi connectivity index (χ2n) is 20.3. The highest BCUT2D eigenvalue weighted by molar-refractivity contribution is 5.85. The van der Waals surface area contributed by atoms with E-state index in [1.807, 2.05) is 36.5 Å². The number of aromatic hydroxyl groups is 3. The molecular formula is C56H64N8O8. The van der Waals surface area contributed by atoms with Crippen LogP contribution in [0.1, 0.15) is 99.4 Å². The number of ether oxygens (including phenoxy) is 4. The zero-order valence-electron chi connectivity index (χ0n) is 40.6. The van der Waals surface area contributed by atoms with E-state index >= 15 is 0 Å². The highest BCUT2D eigenvalue weighted by Crippen LogP contribution is 2.51. The van der Waals surface area contributed by atoms with Crippen molar-refractivity contribution in [3.8, 4) is 40.6 Å². The molecule has 9 unspecified atom stereocenters. The number of nitrogens with one attached hydrogen (secondary N) is 4. The number of dihydropyridines is 1. The van der Waals surface area contributed by atoms with Crippen LogP contribution in [0.15, 0.2) is 102 Å². The second kappa shape index (κ2) is 20.1. The summed E-state index contributed by atoms with van der Waals surface area (Å²) >= 11 is 0. The summed E-state index contributed by atoms with van der Waals surface area (Å²) in [6, 6.07) is 14.7. The number of guanidine groups is 1. The fourth-order valence-corrected chi connectivity index (χ4v) is 12.3. The fourth-order valence-electron chi connectivity index (χ4n) is 12.3. The van der Waals surface area contributed by atoms with Crippen molar-refractivity contribution in [3.63, 3.8) is 0 Å². The summed E-state index contributed by atoms with van der Waals surface area (Å²) < 4.78 is 28.5. The lowest BCUT2D eigenvalue weighted by Crippen LogP contribution is -2.72. The number of hydrogen-bond donors (Lipinski definition) is 8. The highest BCUT2D eigenvalue weighted by atomic mass is 16.6. The number of aryl methyl sites for hydroxylation is 1. The third-order valence-electron chi connectivity index (χ3n) is 15.7. The number of benzene rings is 2. The molecule has 1 aliphatic carbocycles. The summed E-state index contributed by atoms with van der Waals surface area (Å²) in [6.07, 6.45) is 18.3. The van der Waals surface area contributed by atoms with Gasteiger partial charge in [0.05, 0.1) is 41.6 Å². The standard InChI is InChI=1S/C56H64N8O8/c1-33(65)70-39-29-48(72-49(30-39)38-27-46(67)53(68)51(28-38)69-23-17-35-7-4-19-58-31-35)37-8-2-9-41-47(71-50-25-36(24-37)11-14-45(50)66)10-3-18-56(41)42-12-13-44-40-16-22-59-43(40)32-64(44)54(42)62-55(63-56)61-20-5-6-34-15-21-60-52(57)26-34/h4,7,11,14-16,19,22,25-28,31-32,37,39,41-42,47-49,54,59-60,66-68H,3,5-6,8,10,12-13,17-18,20-21,23-24,29-30,57H2,1H3,(H2,61,62,63). The van der Waals surface area contributed by atoms with Gasteiger partial charge in [-0.3, -0.25) is 14.8 Å². The molecule has 1 saturated carbocycles. The summed E-state index contributed by atoms with van der Waals surface area (Å²) in [4.78, 5) is 25.5. The summed E-state index contributed by atoms with van der Waals surface area (Å²) in [5.74, 6) is 8.16. The van der Waals surface area contributed by atoms with Crippen LogP contribution in [0.4, 0.5) is 0 Å². The van der Waals surface area contributed by atoms with Crippen molar-refractivity contribution in [2.75, 3.05) is 19.7 Å². The Hall–Kier alpha value is -7.25. The minimum Gasteiger partial charge on any atom is -0.504 e. The van der Waals surface area contributed by atoms with Gasteiger partial charge >= 0.3 is 5.97 Å². The van der Waals surface area contributed by atoms with E-state index in [2.05, 4.69) is 60.7 Å². The monoisotopic (exact) mass is 976 g/mol. The third kappa shape index (κ3) is 9.61. The molecule has 0 amide bonds. The van der Waals surface area contributed by atoms with Gasteiger partial charge in [0.15, 0.2) is 29.0 Å². The summed E-state index contributed by atoms with van der Waals surface area (Å²) in [6.45, 7) is 2.99. The van der Waals surface area contributed by atoms with Gasteiger partial charge in [-0.05, 0) is 116 Å². The maximum Gasteiger partial charge on any atom is 0.302 e. The number of rotatable bonds is 11. The van der Waals surface area contributed by atoms with Crippen LogP contribution in [0, 0.1) is 29.6 Å². The molecule has 2 bridgehead atoms. The molecule has 72 heavy (non-hydrogen) atoms. The van der Waals surface area contributed by atoms with Crippen molar-refractivity contribution in [1.29, 1.82) is 0 Å². The molecule has 9 atom stereocenters. The molecule has 9 N–H and O–H groups in total. The molecule has 2 aromatic carbocycles. The molecule has 376 valence electrons. The summed E-state index contributed by atoms with van der Waals surface area (Å²) in [5.41, 5.74) is 11.7. The minimum absolute atomic E-state index is 0.0685. The number of aliphatic imine (C=N–C) groups is 1. The quantitative estimate of drug-likeness (QED) is 0.0284. The largest absolute Gasteiger partial charge is 0.504 e. The van der Waals surface area contributed by atoms with Crippen molar-refractivity contribution >= 4 is 22.8 Å². The predicted octanol–water partition coefficient (Wildman–Crippen LogP) is 7.23. The van der Waals surface area contributed by atoms with Crippen LogP contribution in [0.25, 0.3) is 10.9 Å². The van der Waals surface area contributed by atoms with Gasteiger partial charge in [0.2, 0.25) is 5.75 Å². The average molecular weight is 977 g/mol. The highest BCUT2D eigenvalue weighted by Gasteiger charge is 2.57. The fraction of sp³-hybridized carbons (Fsp3) is 0.446. The number of allylic oxidation sites excluding steroid dienone is 2. The third-order valence-corrected chi connectivity index (χ3v) is 15.7. The number of carbonyl (C=O) groups is 1.